The number of benzene rings is 1. The van der Waals surface area contributed by atoms with E-state index in [0.29, 0.717) is 18.0 Å². The van der Waals surface area contributed by atoms with E-state index >= 15 is 0 Å². The molecule has 0 saturated carbocycles. The van der Waals surface area contributed by atoms with Crippen molar-refractivity contribution in [3.8, 4) is 17.2 Å². The van der Waals surface area contributed by atoms with Crippen LogP contribution in [0.15, 0.2) is 24.4 Å². The number of rotatable bonds is 4. The van der Waals surface area contributed by atoms with Gasteiger partial charge in [0.1, 0.15) is 5.82 Å². The Bertz CT molecular complexity index is 549. The van der Waals surface area contributed by atoms with E-state index in [4.69, 9.17) is 15.2 Å². The number of methoxy groups -OCH3 is 2. The SMILES string of the molecule is COc1ccc(-n2cc(CN)nc2C)cc1OC. The average Bonchev–Trinajstić information content (AvgIpc) is 2.79. The summed E-state index contributed by atoms with van der Waals surface area (Å²) in [6, 6.07) is 5.74. The Morgan fingerprint density at radius 1 is 1.22 bits per heavy atom. The zero-order valence-electron chi connectivity index (χ0n) is 10.8. The predicted molar refractivity (Wildman–Crippen MR) is 69.3 cm³/mol. The lowest BCUT2D eigenvalue weighted by molar-refractivity contribution is 0.355. The number of nitrogens with zero attached hydrogens (tertiary/aromatic N) is 2. The first-order chi connectivity index (χ1) is 8.69. The van der Waals surface area contributed by atoms with E-state index in [1.54, 1.807) is 14.2 Å². The number of hydrogen-bond acceptors (Lipinski definition) is 4. The van der Waals surface area contributed by atoms with Crippen molar-refractivity contribution in [3.63, 3.8) is 0 Å². The van der Waals surface area contributed by atoms with Gasteiger partial charge in [-0.2, -0.15) is 0 Å². The summed E-state index contributed by atoms with van der Waals surface area (Å²) >= 11 is 0. The van der Waals surface area contributed by atoms with E-state index in [1.807, 2.05) is 35.9 Å². The maximum Gasteiger partial charge on any atom is 0.162 e. The van der Waals surface area contributed by atoms with E-state index in [9.17, 15) is 0 Å². The van der Waals surface area contributed by atoms with Crippen LogP contribution in [0.25, 0.3) is 5.69 Å². The fourth-order valence-electron chi connectivity index (χ4n) is 1.87. The molecule has 18 heavy (non-hydrogen) atoms. The van der Waals surface area contributed by atoms with Gasteiger partial charge >= 0.3 is 0 Å². The fraction of sp³-hybridized carbons (Fsp3) is 0.308. The number of aromatic nitrogens is 2. The third-order valence-electron chi connectivity index (χ3n) is 2.79. The van der Waals surface area contributed by atoms with Gasteiger partial charge in [-0.05, 0) is 19.1 Å². The Balaban J connectivity index is 2.47. The van der Waals surface area contributed by atoms with Gasteiger partial charge < -0.3 is 19.8 Å². The summed E-state index contributed by atoms with van der Waals surface area (Å²) in [5, 5.41) is 0. The van der Waals surface area contributed by atoms with E-state index in [-0.39, 0.29) is 0 Å². The van der Waals surface area contributed by atoms with Gasteiger partial charge in [-0.3, -0.25) is 0 Å². The third kappa shape index (κ3) is 2.17. The van der Waals surface area contributed by atoms with Crippen molar-refractivity contribution in [1.82, 2.24) is 9.55 Å². The minimum Gasteiger partial charge on any atom is -0.493 e. The van der Waals surface area contributed by atoms with Crippen molar-refractivity contribution in [2.24, 2.45) is 5.73 Å². The molecule has 96 valence electrons. The summed E-state index contributed by atoms with van der Waals surface area (Å²) in [5.74, 6) is 2.29. The first-order valence-electron chi connectivity index (χ1n) is 5.67. The van der Waals surface area contributed by atoms with Crippen molar-refractivity contribution in [2.75, 3.05) is 14.2 Å². The highest BCUT2D eigenvalue weighted by molar-refractivity contribution is 5.49. The van der Waals surface area contributed by atoms with Crippen molar-refractivity contribution in [3.05, 3.63) is 35.9 Å². The zero-order chi connectivity index (χ0) is 13.1. The molecule has 5 heteroatoms. The minimum atomic E-state index is 0.432. The van der Waals surface area contributed by atoms with Gasteiger partial charge in [-0.15, -0.1) is 0 Å². The smallest absolute Gasteiger partial charge is 0.162 e. The van der Waals surface area contributed by atoms with Crippen LogP contribution in [-0.2, 0) is 6.54 Å². The molecule has 0 amide bonds. The molecule has 0 saturated heterocycles. The highest BCUT2D eigenvalue weighted by Crippen LogP contribution is 2.29. The molecule has 5 nitrogen and oxygen atoms in total. The Morgan fingerprint density at radius 3 is 2.50 bits per heavy atom. The molecule has 0 radical (unpaired) electrons. The molecule has 0 spiro atoms. The lowest BCUT2D eigenvalue weighted by Crippen LogP contribution is -1.98. The molecule has 0 aliphatic heterocycles. The Labute approximate surface area is 106 Å². The second-order valence-electron chi connectivity index (χ2n) is 3.89. The van der Waals surface area contributed by atoms with Crippen LogP contribution in [0.3, 0.4) is 0 Å². The van der Waals surface area contributed by atoms with Gasteiger partial charge in [0.25, 0.3) is 0 Å². The summed E-state index contributed by atoms with van der Waals surface area (Å²) in [6.07, 6.45) is 1.93. The Kier molecular flexibility index (Phi) is 3.53. The topological polar surface area (TPSA) is 62.3 Å². The van der Waals surface area contributed by atoms with Crippen LogP contribution in [-0.4, -0.2) is 23.8 Å². The predicted octanol–water partition coefficient (Wildman–Crippen LogP) is 1.66. The molecule has 2 rings (SSSR count). The number of imidazole rings is 1. The standard InChI is InChI=1S/C13H17N3O2/c1-9-15-10(7-14)8-16(9)11-4-5-12(17-2)13(6-11)18-3/h4-6,8H,7,14H2,1-3H3. The average molecular weight is 247 g/mol. The molecule has 1 aromatic carbocycles. The number of aryl methyl sites for hydroxylation is 1. The van der Waals surface area contributed by atoms with Crippen molar-refractivity contribution in [2.45, 2.75) is 13.5 Å². The van der Waals surface area contributed by atoms with Crippen molar-refractivity contribution < 1.29 is 9.47 Å². The van der Waals surface area contributed by atoms with Gasteiger partial charge in [0.2, 0.25) is 0 Å². The summed E-state index contributed by atoms with van der Waals surface area (Å²) in [5.41, 5.74) is 7.42. The van der Waals surface area contributed by atoms with Gasteiger partial charge in [0, 0.05) is 18.8 Å². The van der Waals surface area contributed by atoms with Crippen LogP contribution < -0.4 is 15.2 Å². The quantitative estimate of drug-likeness (QED) is 0.892. The molecule has 0 atom stereocenters. The molecular weight excluding hydrogens is 230 g/mol. The molecule has 0 aliphatic carbocycles. The second-order valence-corrected chi connectivity index (χ2v) is 3.89. The van der Waals surface area contributed by atoms with Crippen LogP contribution in [0.5, 0.6) is 11.5 Å². The zero-order valence-corrected chi connectivity index (χ0v) is 10.8. The summed E-state index contributed by atoms with van der Waals surface area (Å²) < 4.78 is 12.5. The highest BCUT2D eigenvalue weighted by atomic mass is 16.5. The molecule has 0 unspecified atom stereocenters. The molecule has 0 bridgehead atoms. The van der Waals surface area contributed by atoms with Crippen LogP contribution in [0, 0.1) is 6.92 Å². The first-order valence-corrected chi connectivity index (χ1v) is 5.67. The second kappa shape index (κ2) is 5.10. The van der Waals surface area contributed by atoms with Crippen LogP contribution in [0.2, 0.25) is 0 Å². The summed E-state index contributed by atoms with van der Waals surface area (Å²) in [4.78, 5) is 4.37. The Morgan fingerprint density at radius 2 is 1.94 bits per heavy atom. The number of nitrogens with two attached hydrogens (primary N) is 1. The third-order valence-corrected chi connectivity index (χ3v) is 2.79. The summed E-state index contributed by atoms with van der Waals surface area (Å²) in [6.45, 7) is 2.37. The largest absolute Gasteiger partial charge is 0.493 e. The highest BCUT2D eigenvalue weighted by Gasteiger charge is 2.09. The first kappa shape index (κ1) is 12.4. The van der Waals surface area contributed by atoms with Crippen molar-refractivity contribution >= 4 is 0 Å². The van der Waals surface area contributed by atoms with Crippen LogP contribution in [0.4, 0.5) is 0 Å². The molecule has 0 fully saturated rings. The van der Waals surface area contributed by atoms with Gasteiger partial charge in [0.15, 0.2) is 11.5 Å². The number of ether oxygens (including phenoxy) is 2. The monoisotopic (exact) mass is 247 g/mol. The maximum absolute atomic E-state index is 5.59. The van der Waals surface area contributed by atoms with E-state index < -0.39 is 0 Å². The van der Waals surface area contributed by atoms with Gasteiger partial charge in [-0.1, -0.05) is 0 Å². The number of hydrogen-bond donors (Lipinski definition) is 1. The maximum atomic E-state index is 5.59. The lowest BCUT2D eigenvalue weighted by Gasteiger charge is -2.10. The van der Waals surface area contributed by atoms with E-state index in [2.05, 4.69) is 4.98 Å². The molecule has 2 aromatic rings. The van der Waals surface area contributed by atoms with E-state index in [1.165, 1.54) is 0 Å². The molecule has 2 N–H and O–H groups in total. The fourth-order valence-corrected chi connectivity index (χ4v) is 1.87. The molecule has 0 aliphatic rings. The van der Waals surface area contributed by atoms with Crippen LogP contribution in [0.1, 0.15) is 11.5 Å². The van der Waals surface area contributed by atoms with E-state index in [0.717, 1.165) is 17.2 Å². The minimum absolute atomic E-state index is 0.432. The normalized spacial score (nSPS) is 10.4. The van der Waals surface area contributed by atoms with Gasteiger partial charge in [0.05, 0.1) is 25.6 Å². The Hall–Kier alpha value is -2.01. The molecule has 1 aromatic heterocycles. The van der Waals surface area contributed by atoms with Gasteiger partial charge in [-0.25, -0.2) is 4.98 Å². The lowest BCUT2D eigenvalue weighted by atomic mass is 10.2. The molecular formula is C13H17N3O2. The van der Waals surface area contributed by atoms with Crippen LogP contribution >= 0.6 is 0 Å². The van der Waals surface area contributed by atoms with Crippen molar-refractivity contribution in [1.29, 1.82) is 0 Å². The molecule has 1 heterocycles. The summed E-state index contributed by atoms with van der Waals surface area (Å²) in [7, 11) is 3.24.